The quantitative estimate of drug-likeness (QED) is 0.449. The molecule has 1 heterocycles. The van der Waals surface area contributed by atoms with Crippen molar-refractivity contribution >= 4 is 34.4 Å². The fourth-order valence-corrected chi connectivity index (χ4v) is 3.77. The molecule has 28 heavy (non-hydrogen) atoms. The number of H-pyrrole nitrogens is 1. The first kappa shape index (κ1) is 18.1. The average Bonchev–Trinajstić information content (AvgIpc) is 3.16. The second kappa shape index (κ2) is 8.19. The SMILES string of the molecule is COc1ccc(NC(=O)c2ccccc2CSc2nc3ccccc3[nH]2)cc1. The van der Waals surface area contributed by atoms with Crippen LogP contribution >= 0.6 is 11.8 Å². The van der Waals surface area contributed by atoms with E-state index < -0.39 is 0 Å². The maximum Gasteiger partial charge on any atom is 0.255 e. The molecule has 0 spiro atoms. The molecule has 5 nitrogen and oxygen atoms in total. The van der Waals surface area contributed by atoms with Gasteiger partial charge in [-0.25, -0.2) is 4.98 Å². The van der Waals surface area contributed by atoms with Crippen molar-refractivity contribution < 1.29 is 9.53 Å². The molecule has 4 aromatic rings. The Balaban J connectivity index is 1.48. The number of ether oxygens (including phenoxy) is 1. The summed E-state index contributed by atoms with van der Waals surface area (Å²) in [7, 11) is 1.61. The first-order valence-corrected chi connectivity index (χ1v) is 9.82. The summed E-state index contributed by atoms with van der Waals surface area (Å²) < 4.78 is 5.15. The lowest BCUT2D eigenvalue weighted by atomic mass is 10.1. The Labute approximate surface area is 167 Å². The molecule has 0 atom stereocenters. The number of nitrogens with one attached hydrogen (secondary N) is 2. The summed E-state index contributed by atoms with van der Waals surface area (Å²) >= 11 is 1.58. The van der Waals surface area contributed by atoms with Crippen molar-refractivity contribution in [3.63, 3.8) is 0 Å². The second-order valence-electron chi connectivity index (χ2n) is 6.19. The average molecular weight is 389 g/mol. The number of imidazole rings is 1. The molecule has 0 unspecified atom stereocenters. The Hall–Kier alpha value is -3.25. The topological polar surface area (TPSA) is 67.0 Å². The normalized spacial score (nSPS) is 10.8. The number of fused-ring (bicyclic) bond motifs is 1. The van der Waals surface area contributed by atoms with E-state index in [4.69, 9.17) is 4.74 Å². The Morgan fingerprint density at radius 3 is 2.57 bits per heavy atom. The molecule has 4 rings (SSSR count). The van der Waals surface area contributed by atoms with Crippen LogP contribution < -0.4 is 10.1 Å². The number of hydrogen-bond acceptors (Lipinski definition) is 4. The van der Waals surface area contributed by atoms with Gasteiger partial charge >= 0.3 is 0 Å². The summed E-state index contributed by atoms with van der Waals surface area (Å²) in [5.74, 6) is 1.26. The van der Waals surface area contributed by atoms with E-state index in [1.54, 1.807) is 18.9 Å². The predicted molar refractivity (Wildman–Crippen MR) is 113 cm³/mol. The third-order valence-corrected chi connectivity index (χ3v) is 5.26. The maximum atomic E-state index is 12.8. The molecule has 3 aromatic carbocycles. The van der Waals surface area contributed by atoms with E-state index in [0.717, 1.165) is 33.2 Å². The van der Waals surface area contributed by atoms with Gasteiger partial charge in [0, 0.05) is 17.0 Å². The number of amides is 1. The van der Waals surface area contributed by atoms with Crippen molar-refractivity contribution in [3.8, 4) is 5.75 Å². The van der Waals surface area contributed by atoms with Crippen LogP contribution in [0.2, 0.25) is 0 Å². The van der Waals surface area contributed by atoms with E-state index in [2.05, 4.69) is 15.3 Å². The predicted octanol–water partition coefficient (Wildman–Crippen LogP) is 5.12. The number of para-hydroxylation sites is 2. The summed E-state index contributed by atoms with van der Waals surface area (Å²) in [6, 6.07) is 22.8. The molecule has 6 heteroatoms. The lowest BCUT2D eigenvalue weighted by molar-refractivity contribution is 0.102. The summed E-state index contributed by atoms with van der Waals surface area (Å²) in [6.45, 7) is 0. The highest BCUT2D eigenvalue weighted by Gasteiger charge is 2.12. The third-order valence-electron chi connectivity index (χ3n) is 4.34. The molecule has 0 saturated carbocycles. The minimum absolute atomic E-state index is 0.133. The number of anilines is 1. The number of nitrogens with zero attached hydrogens (tertiary/aromatic N) is 1. The van der Waals surface area contributed by atoms with Crippen LogP contribution in [0.4, 0.5) is 5.69 Å². The summed E-state index contributed by atoms with van der Waals surface area (Å²) in [5.41, 5.74) is 4.29. The van der Waals surface area contributed by atoms with Crippen LogP contribution in [0.3, 0.4) is 0 Å². The van der Waals surface area contributed by atoms with Gasteiger partial charge in [0.1, 0.15) is 5.75 Å². The largest absolute Gasteiger partial charge is 0.497 e. The second-order valence-corrected chi connectivity index (χ2v) is 7.15. The molecule has 140 valence electrons. The van der Waals surface area contributed by atoms with Crippen LogP contribution in [0.25, 0.3) is 11.0 Å². The minimum atomic E-state index is -0.133. The zero-order chi connectivity index (χ0) is 19.3. The van der Waals surface area contributed by atoms with Gasteiger partial charge in [-0.15, -0.1) is 0 Å². The lowest BCUT2D eigenvalue weighted by Crippen LogP contribution is -2.14. The van der Waals surface area contributed by atoms with Gasteiger partial charge in [0.05, 0.1) is 18.1 Å². The van der Waals surface area contributed by atoms with Crippen LogP contribution in [-0.4, -0.2) is 23.0 Å². The van der Waals surface area contributed by atoms with Crippen LogP contribution in [0.5, 0.6) is 5.75 Å². The lowest BCUT2D eigenvalue weighted by Gasteiger charge is -2.10. The van der Waals surface area contributed by atoms with Gasteiger partial charge in [-0.2, -0.15) is 0 Å². The van der Waals surface area contributed by atoms with Crippen molar-refractivity contribution in [3.05, 3.63) is 83.9 Å². The highest BCUT2D eigenvalue weighted by Crippen LogP contribution is 2.25. The Kier molecular flexibility index (Phi) is 5.30. The first-order valence-electron chi connectivity index (χ1n) is 8.84. The fourth-order valence-electron chi connectivity index (χ4n) is 2.88. The number of aromatic amines is 1. The van der Waals surface area contributed by atoms with Gasteiger partial charge in [-0.05, 0) is 48.0 Å². The number of methoxy groups -OCH3 is 1. The van der Waals surface area contributed by atoms with Gasteiger partial charge in [0.2, 0.25) is 0 Å². The van der Waals surface area contributed by atoms with Crippen molar-refractivity contribution in [2.24, 2.45) is 0 Å². The Morgan fingerprint density at radius 1 is 1.04 bits per heavy atom. The number of carbonyl (C=O) groups excluding carboxylic acids is 1. The van der Waals surface area contributed by atoms with E-state index in [1.807, 2.05) is 72.8 Å². The van der Waals surface area contributed by atoms with Crippen molar-refractivity contribution in [2.45, 2.75) is 10.9 Å². The van der Waals surface area contributed by atoms with E-state index in [0.29, 0.717) is 11.3 Å². The molecular formula is C22H19N3O2S. The maximum absolute atomic E-state index is 12.8. The minimum Gasteiger partial charge on any atom is -0.497 e. The Bertz CT molecular complexity index is 1070. The van der Waals surface area contributed by atoms with E-state index in [-0.39, 0.29) is 5.91 Å². The molecular weight excluding hydrogens is 370 g/mol. The van der Waals surface area contributed by atoms with E-state index in [1.165, 1.54) is 0 Å². The summed E-state index contributed by atoms with van der Waals surface area (Å²) in [6.07, 6.45) is 0. The Morgan fingerprint density at radius 2 is 1.79 bits per heavy atom. The van der Waals surface area contributed by atoms with Crippen LogP contribution in [0.1, 0.15) is 15.9 Å². The zero-order valence-corrected chi connectivity index (χ0v) is 16.1. The molecule has 1 aromatic heterocycles. The number of carbonyl (C=O) groups is 1. The standard InChI is InChI=1S/C22H19N3O2S/c1-27-17-12-10-16(11-13-17)23-21(26)18-7-3-2-6-15(18)14-28-22-24-19-8-4-5-9-20(19)25-22/h2-13H,14H2,1H3,(H,23,26)(H,24,25). The summed E-state index contributed by atoms with van der Waals surface area (Å²) in [4.78, 5) is 20.7. The molecule has 0 aliphatic rings. The number of thioether (sulfide) groups is 1. The van der Waals surface area contributed by atoms with Gasteiger partial charge in [-0.3, -0.25) is 4.79 Å². The molecule has 0 radical (unpaired) electrons. The molecule has 0 bridgehead atoms. The van der Waals surface area contributed by atoms with Gasteiger partial charge in [-0.1, -0.05) is 42.1 Å². The van der Waals surface area contributed by atoms with Crippen LogP contribution in [0.15, 0.2) is 78.0 Å². The molecule has 2 N–H and O–H groups in total. The molecule has 0 aliphatic carbocycles. The number of hydrogen-bond donors (Lipinski definition) is 2. The van der Waals surface area contributed by atoms with Crippen LogP contribution in [-0.2, 0) is 5.75 Å². The number of rotatable bonds is 6. The fraction of sp³-hybridized carbons (Fsp3) is 0.0909. The molecule has 0 aliphatic heterocycles. The van der Waals surface area contributed by atoms with Crippen LogP contribution in [0, 0.1) is 0 Å². The smallest absolute Gasteiger partial charge is 0.255 e. The van der Waals surface area contributed by atoms with E-state index in [9.17, 15) is 4.79 Å². The first-order chi connectivity index (χ1) is 13.7. The van der Waals surface area contributed by atoms with Crippen molar-refractivity contribution in [2.75, 3.05) is 12.4 Å². The zero-order valence-electron chi connectivity index (χ0n) is 15.3. The molecule has 0 fully saturated rings. The van der Waals surface area contributed by atoms with Crippen molar-refractivity contribution in [1.29, 1.82) is 0 Å². The highest BCUT2D eigenvalue weighted by atomic mass is 32.2. The van der Waals surface area contributed by atoms with Gasteiger partial charge in [0.15, 0.2) is 5.16 Å². The number of aromatic nitrogens is 2. The van der Waals surface area contributed by atoms with Gasteiger partial charge in [0.25, 0.3) is 5.91 Å². The monoisotopic (exact) mass is 389 g/mol. The van der Waals surface area contributed by atoms with E-state index >= 15 is 0 Å². The highest BCUT2D eigenvalue weighted by molar-refractivity contribution is 7.98. The number of benzene rings is 3. The summed E-state index contributed by atoms with van der Waals surface area (Å²) in [5, 5.41) is 3.78. The van der Waals surface area contributed by atoms with Gasteiger partial charge < -0.3 is 15.0 Å². The molecule has 1 amide bonds. The molecule has 0 saturated heterocycles. The van der Waals surface area contributed by atoms with Crippen molar-refractivity contribution in [1.82, 2.24) is 9.97 Å². The third kappa shape index (κ3) is 4.02.